The van der Waals surface area contributed by atoms with Crippen molar-refractivity contribution in [3.63, 3.8) is 0 Å². The summed E-state index contributed by atoms with van der Waals surface area (Å²) in [4.78, 5) is 15.6. The Morgan fingerprint density at radius 1 is 1.58 bits per heavy atom. The molecule has 1 atom stereocenters. The van der Waals surface area contributed by atoms with E-state index in [0.29, 0.717) is 16.8 Å². The van der Waals surface area contributed by atoms with Gasteiger partial charge >= 0.3 is 0 Å². The van der Waals surface area contributed by atoms with E-state index in [1.807, 2.05) is 0 Å². The van der Waals surface area contributed by atoms with Crippen LogP contribution in [-0.2, 0) is 0 Å². The molecule has 0 saturated carbocycles. The Bertz CT molecular complexity index is 600. The lowest BCUT2D eigenvalue weighted by Crippen LogP contribution is -2.35. The summed E-state index contributed by atoms with van der Waals surface area (Å²) in [5, 5.41) is 15.4. The van der Waals surface area contributed by atoms with Crippen LogP contribution in [0.1, 0.15) is 16.1 Å². The van der Waals surface area contributed by atoms with Crippen molar-refractivity contribution in [2.45, 2.75) is 19.5 Å². The molecule has 102 valence electrons. The first-order valence-electron chi connectivity index (χ1n) is 5.45. The smallest absolute Gasteiger partial charge is 0.265 e. The van der Waals surface area contributed by atoms with E-state index < -0.39 is 25.0 Å². The molecule has 0 aliphatic carbocycles. The van der Waals surface area contributed by atoms with E-state index >= 15 is 0 Å². The SMILES string of the molecule is Cc1noc2ncc(C(=O)NCC(O)C(F)F)cc12. The van der Waals surface area contributed by atoms with Gasteiger partial charge < -0.3 is 14.9 Å². The zero-order chi connectivity index (χ0) is 14.0. The molecular weight excluding hydrogens is 260 g/mol. The fourth-order valence-corrected chi connectivity index (χ4v) is 1.46. The normalized spacial score (nSPS) is 12.9. The van der Waals surface area contributed by atoms with Crippen molar-refractivity contribution in [2.75, 3.05) is 6.54 Å². The number of carbonyl (C=O) groups is 1. The molecule has 1 amide bonds. The number of pyridine rings is 1. The second-order valence-corrected chi connectivity index (χ2v) is 3.96. The van der Waals surface area contributed by atoms with Crippen molar-refractivity contribution in [1.82, 2.24) is 15.5 Å². The Labute approximate surface area is 106 Å². The van der Waals surface area contributed by atoms with E-state index in [1.54, 1.807) is 6.92 Å². The van der Waals surface area contributed by atoms with Gasteiger partial charge in [0.05, 0.1) is 16.6 Å². The van der Waals surface area contributed by atoms with Crippen LogP contribution >= 0.6 is 0 Å². The van der Waals surface area contributed by atoms with Gasteiger partial charge in [0.2, 0.25) is 0 Å². The van der Waals surface area contributed by atoms with Gasteiger partial charge in [-0.2, -0.15) is 0 Å². The summed E-state index contributed by atoms with van der Waals surface area (Å²) in [5.74, 6) is -0.602. The summed E-state index contributed by atoms with van der Waals surface area (Å²) >= 11 is 0. The number of fused-ring (bicyclic) bond motifs is 1. The average Bonchev–Trinajstić information content (AvgIpc) is 2.76. The molecule has 8 heteroatoms. The molecule has 2 aromatic rings. The number of alkyl halides is 2. The molecular formula is C11H11F2N3O3. The van der Waals surface area contributed by atoms with E-state index in [0.717, 1.165) is 0 Å². The van der Waals surface area contributed by atoms with Crippen LogP contribution in [0.3, 0.4) is 0 Å². The summed E-state index contributed by atoms with van der Waals surface area (Å²) < 4.78 is 29.0. The number of aliphatic hydroxyl groups excluding tert-OH is 1. The number of nitrogens with zero attached hydrogens (tertiary/aromatic N) is 2. The third-order valence-corrected chi connectivity index (χ3v) is 2.53. The fraction of sp³-hybridized carbons (Fsp3) is 0.364. The number of hydrogen-bond donors (Lipinski definition) is 2. The number of halogens is 2. The number of rotatable bonds is 4. The minimum absolute atomic E-state index is 0.181. The molecule has 2 heterocycles. The molecule has 0 fully saturated rings. The van der Waals surface area contributed by atoms with Gasteiger partial charge in [0.25, 0.3) is 18.0 Å². The number of amides is 1. The van der Waals surface area contributed by atoms with Gasteiger partial charge in [-0.1, -0.05) is 5.16 Å². The second kappa shape index (κ2) is 5.27. The molecule has 2 N–H and O–H groups in total. The molecule has 2 aromatic heterocycles. The number of aryl methyl sites for hydroxylation is 1. The predicted octanol–water partition coefficient (Wildman–Crippen LogP) is 0.887. The van der Waals surface area contributed by atoms with Gasteiger partial charge in [-0.25, -0.2) is 13.8 Å². The van der Waals surface area contributed by atoms with Crippen LogP contribution in [0.4, 0.5) is 8.78 Å². The molecule has 2 rings (SSSR count). The molecule has 0 bridgehead atoms. The Hall–Kier alpha value is -2.09. The topological polar surface area (TPSA) is 88.2 Å². The molecule has 1 unspecified atom stereocenters. The number of aliphatic hydroxyl groups is 1. The average molecular weight is 271 g/mol. The summed E-state index contributed by atoms with van der Waals surface area (Å²) in [5.41, 5.74) is 1.05. The molecule has 0 aliphatic heterocycles. The van der Waals surface area contributed by atoms with E-state index in [4.69, 9.17) is 9.63 Å². The fourth-order valence-electron chi connectivity index (χ4n) is 1.46. The minimum Gasteiger partial charge on any atom is -0.385 e. The predicted molar refractivity (Wildman–Crippen MR) is 60.9 cm³/mol. The maximum Gasteiger partial charge on any atom is 0.265 e. The zero-order valence-electron chi connectivity index (χ0n) is 9.93. The van der Waals surface area contributed by atoms with Crippen molar-refractivity contribution in [3.8, 4) is 0 Å². The quantitative estimate of drug-likeness (QED) is 0.862. The zero-order valence-corrected chi connectivity index (χ0v) is 9.93. The molecule has 0 spiro atoms. The number of carbonyl (C=O) groups excluding carboxylic acids is 1. The molecule has 0 radical (unpaired) electrons. The third-order valence-electron chi connectivity index (χ3n) is 2.53. The number of nitrogens with one attached hydrogen (secondary N) is 1. The Balaban J connectivity index is 2.11. The van der Waals surface area contributed by atoms with Gasteiger partial charge in [-0.15, -0.1) is 0 Å². The lowest BCUT2D eigenvalue weighted by Gasteiger charge is -2.10. The van der Waals surface area contributed by atoms with E-state index in [9.17, 15) is 13.6 Å². The van der Waals surface area contributed by atoms with E-state index in [1.165, 1.54) is 12.3 Å². The van der Waals surface area contributed by atoms with E-state index in [-0.39, 0.29) is 5.56 Å². The van der Waals surface area contributed by atoms with Crippen LogP contribution in [0.25, 0.3) is 11.1 Å². The largest absolute Gasteiger partial charge is 0.385 e. The lowest BCUT2D eigenvalue weighted by atomic mass is 10.2. The first-order chi connectivity index (χ1) is 8.99. The van der Waals surface area contributed by atoms with Gasteiger partial charge in [-0.3, -0.25) is 4.79 Å². The van der Waals surface area contributed by atoms with Gasteiger partial charge in [0, 0.05) is 12.7 Å². The molecule has 19 heavy (non-hydrogen) atoms. The highest BCUT2D eigenvalue weighted by atomic mass is 19.3. The van der Waals surface area contributed by atoms with Crippen molar-refractivity contribution >= 4 is 17.0 Å². The van der Waals surface area contributed by atoms with Crippen molar-refractivity contribution in [1.29, 1.82) is 0 Å². The van der Waals surface area contributed by atoms with Crippen LogP contribution in [0.2, 0.25) is 0 Å². The van der Waals surface area contributed by atoms with Gasteiger partial charge in [0.1, 0.15) is 6.10 Å². The monoisotopic (exact) mass is 271 g/mol. The third kappa shape index (κ3) is 2.84. The molecule has 0 aromatic carbocycles. The molecule has 0 aliphatic rings. The summed E-state index contributed by atoms with van der Waals surface area (Å²) in [6.07, 6.45) is -3.55. The Morgan fingerprint density at radius 2 is 2.32 bits per heavy atom. The Kier molecular flexibility index (Phi) is 3.70. The lowest BCUT2D eigenvalue weighted by molar-refractivity contribution is -0.00270. The Morgan fingerprint density at radius 3 is 3.00 bits per heavy atom. The van der Waals surface area contributed by atoms with Crippen molar-refractivity contribution in [2.24, 2.45) is 0 Å². The molecule has 0 saturated heterocycles. The first-order valence-corrected chi connectivity index (χ1v) is 5.45. The highest BCUT2D eigenvalue weighted by molar-refractivity contribution is 5.96. The van der Waals surface area contributed by atoms with Crippen LogP contribution < -0.4 is 5.32 Å². The minimum atomic E-state index is -2.90. The van der Waals surface area contributed by atoms with Crippen LogP contribution in [0.15, 0.2) is 16.8 Å². The second-order valence-electron chi connectivity index (χ2n) is 3.96. The highest BCUT2D eigenvalue weighted by Crippen LogP contribution is 2.16. The maximum atomic E-state index is 12.1. The summed E-state index contributed by atoms with van der Waals surface area (Å²) in [6.45, 7) is 1.16. The standard InChI is InChI=1S/C11H11F2N3O3/c1-5-7-2-6(3-15-11(7)19-16-5)10(18)14-4-8(17)9(12)13/h2-3,8-9,17H,4H2,1H3,(H,14,18). The van der Waals surface area contributed by atoms with Crippen molar-refractivity contribution in [3.05, 3.63) is 23.5 Å². The number of aromatic nitrogens is 2. The summed E-state index contributed by atoms with van der Waals surface area (Å²) in [6, 6.07) is 1.50. The maximum absolute atomic E-state index is 12.1. The van der Waals surface area contributed by atoms with Gasteiger partial charge in [-0.05, 0) is 13.0 Å². The van der Waals surface area contributed by atoms with Crippen LogP contribution in [0.5, 0.6) is 0 Å². The van der Waals surface area contributed by atoms with Gasteiger partial charge in [0.15, 0.2) is 0 Å². The summed E-state index contributed by atoms with van der Waals surface area (Å²) in [7, 11) is 0. The number of hydrogen-bond acceptors (Lipinski definition) is 5. The van der Waals surface area contributed by atoms with Crippen molar-refractivity contribution < 1.29 is 23.2 Å². The van der Waals surface area contributed by atoms with E-state index in [2.05, 4.69) is 15.5 Å². The first kappa shape index (κ1) is 13.3. The molecule has 6 nitrogen and oxygen atoms in total. The van der Waals surface area contributed by atoms with Crippen LogP contribution in [0, 0.1) is 6.92 Å². The highest BCUT2D eigenvalue weighted by Gasteiger charge is 2.18. The van der Waals surface area contributed by atoms with Crippen LogP contribution in [-0.4, -0.2) is 40.2 Å².